The predicted molar refractivity (Wildman–Crippen MR) is 97.8 cm³/mol. The first-order valence-electron chi connectivity index (χ1n) is 7.84. The van der Waals surface area contributed by atoms with Crippen LogP contribution < -0.4 is 4.90 Å². The number of rotatable bonds is 6. The maximum absolute atomic E-state index is 11.7. The Bertz CT molecular complexity index is 885. The zero-order chi connectivity index (χ0) is 19.1. The second-order valence-corrected chi connectivity index (χ2v) is 5.29. The molecule has 0 aliphatic rings. The number of esters is 1. The summed E-state index contributed by atoms with van der Waals surface area (Å²) in [5.41, 5.74) is 1.21. The van der Waals surface area contributed by atoms with Crippen molar-refractivity contribution in [2.75, 3.05) is 18.6 Å². The number of nitro benzene ring substituents is 1. The molecule has 2 aromatic rings. The Morgan fingerprint density at radius 3 is 2.58 bits per heavy atom. The van der Waals surface area contributed by atoms with E-state index in [0.717, 1.165) is 5.69 Å². The maximum Gasteiger partial charge on any atom is 0.348 e. The van der Waals surface area contributed by atoms with Gasteiger partial charge in [0.2, 0.25) is 0 Å². The molecule has 0 unspecified atom stereocenters. The predicted octanol–water partition coefficient (Wildman–Crippen LogP) is 3.83. The van der Waals surface area contributed by atoms with Crippen molar-refractivity contribution >= 4 is 29.1 Å². The number of nitrogens with zero attached hydrogens (tertiary/aromatic N) is 3. The number of benzene rings is 2. The smallest absolute Gasteiger partial charge is 0.348 e. The first-order valence-corrected chi connectivity index (χ1v) is 7.84. The number of anilines is 2. The van der Waals surface area contributed by atoms with Gasteiger partial charge >= 0.3 is 5.97 Å². The van der Waals surface area contributed by atoms with Crippen LogP contribution in [0.1, 0.15) is 12.5 Å². The first-order chi connectivity index (χ1) is 12.5. The summed E-state index contributed by atoms with van der Waals surface area (Å²) in [5.74, 6) is -0.761. The molecule has 0 N–H and O–H groups in total. The third-order valence-corrected chi connectivity index (χ3v) is 3.63. The Kier molecular flexibility index (Phi) is 6.06. The molecule has 2 aromatic carbocycles. The van der Waals surface area contributed by atoms with E-state index in [0.29, 0.717) is 11.3 Å². The van der Waals surface area contributed by atoms with Gasteiger partial charge in [-0.2, -0.15) is 5.26 Å². The summed E-state index contributed by atoms with van der Waals surface area (Å²) < 4.78 is 4.79. The van der Waals surface area contributed by atoms with Crippen LogP contribution in [-0.4, -0.2) is 24.5 Å². The number of carbonyl (C=O) groups excluding carboxylic acids is 1. The molecular formula is C19H17N3O4. The van der Waals surface area contributed by atoms with Crippen LogP contribution in [0.5, 0.6) is 0 Å². The average Bonchev–Trinajstić information content (AvgIpc) is 2.66. The van der Waals surface area contributed by atoms with E-state index in [1.165, 1.54) is 12.1 Å². The van der Waals surface area contributed by atoms with E-state index in [1.54, 1.807) is 37.1 Å². The second-order valence-electron chi connectivity index (χ2n) is 5.29. The number of para-hydroxylation sites is 1. The summed E-state index contributed by atoms with van der Waals surface area (Å²) >= 11 is 0. The molecule has 0 aliphatic heterocycles. The number of carbonyl (C=O) groups is 1. The summed E-state index contributed by atoms with van der Waals surface area (Å²) in [7, 11) is 1.73. The highest BCUT2D eigenvalue weighted by Gasteiger charge is 2.19. The van der Waals surface area contributed by atoms with Gasteiger partial charge in [0, 0.05) is 18.8 Å². The zero-order valence-corrected chi connectivity index (χ0v) is 14.4. The molecule has 0 saturated heterocycles. The molecule has 0 heterocycles. The Hall–Kier alpha value is -3.66. The van der Waals surface area contributed by atoms with Gasteiger partial charge in [-0.15, -0.1) is 0 Å². The molecule has 26 heavy (non-hydrogen) atoms. The van der Waals surface area contributed by atoms with E-state index < -0.39 is 10.9 Å². The highest BCUT2D eigenvalue weighted by molar-refractivity contribution is 5.98. The van der Waals surface area contributed by atoms with Gasteiger partial charge in [-0.25, -0.2) is 4.79 Å². The van der Waals surface area contributed by atoms with Crippen molar-refractivity contribution in [1.82, 2.24) is 0 Å². The molecule has 0 atom stereocenters. The molecule has 7 heteroatoms. The molecule has 132 valence electrons. The summed E-state index contributed by atoms with van der Waals surface area (Å²) in [5, 5.41) is 20.6. The molecule has 2 rings (SSSR count). The van der Waals surface area contributed by atoms with Gasteiger partial charge in [-0.1, -0.05) is 24.3 Å². The molecule has 0 aliphatic carbocycles. The van der Waals surface area contributed by atoms with E-state index in [2.05, 4.69) is 0 Å². The Morgan fingerprint density at radius 2 is 2.00 bits per heavy atom. The average molecular weight is 351 g/mol. The van der Waals surface area contributed by atoms with Crippen molar-refractivity contribution in [1.29, 1.82) is 5.26 Å². The Balaban J connectivity index is 2.45. The highest BCUT2D eigenvalue weighted by Crippen LogP contribution is 2.33. The lowest BCUT2D eigenvalue weighted by Gasteiger charge is -2.19. The van der Waals surface area contributed by atoms with Crippen LogP contribution in [0.2, 0.25) is 0 Å². The topological polar surface area (TPSA) is 96.5 Å². The van der Waals surface area contributed by atoms with Gasteiger partial charge in [-0.3, -0.25) is 10.1 Å². The van der Waals surface area contributed by atoms with Gasteiger partial charge < -0.3 is 9.64 Å². The van der Waals surface area contributed by atoms with Gasteiger partial charge in [0.05, 0.1) is 11.5 Å². The molecule has 0 bridgehead atoms. The van der Waals surface area contributed by atoms with Crippen molar-refractivity contribution in [2.45, 2.75) is 6.92 Å². The molecule has 0 saturated carbocycles. The minimum absolute atomic E-state index is 0.133. The fraction of sp³-hybridized carbons (Fsp3) is 0.158. The first kappa shape index (κ1) is 18.7. The van der Waals surface area contributed by atoms with E-state index in [-0.39, 0.29) is 17.9 Å². The SMILES string of the molecule is CCOC(=O)/C(C#N)=C/c1ccc(N(C)c2ccccc2)c([N+](=O)[O-])c1. The van der Waals surface area contributed by atoms with Crippen LogP contribution in [0.3, 0.4) is 0 Å². The third-order valence-electron chi connectivity index (χ3n) is 3.63. The summed E-state index contributed by atoms with van der Waals surface area (Å²) in [6, 6.07) is 15.5. The van der Waals surface area contributed by atoms with E-state index >= 15 is 0 Å². The Morgan fingerprint density at radius 1 is 1.31 bits per heavy atom. The quantitative estimate of drug-likeness (QED) is 0.258. The molecule has 0 radical (unpaired) electrons. The van der Waals surface area contributed by atoms with E-state index in [9.17, 15) is 14.9 Å². The van der Waals surface area contributed by atoms with Crippen LogP contribution in [-0.2, 0) is 9.53 Å². The fourth-order valence-electron chi connectivity index (χ4n) is 2.36. The van der Waals surface area contributed by atoms with Gasteiger partial charge in [0.1, 0.15) is 17.3 Å². The van der Waals surface area contributed by atoms with Crippen LogP contribution in [0.4, 0.5) is 17.1 Å². The van der Waals surface area contributed by atoms with Crippen LogP contribution in [0.25, 0.3) is 6.08 Å². The molecule has 0 aromatic heterocycles. The second kappa shape index (κ2) is 8.44. The van der Waals surface area contributed by atoms with Crippen LogP contribution in [0.15, 0.2) is 54.1 Å². The Labute approximate surface area is 150 Å². The maximum atomic E-state index is 11.7. The number of ether oxygens (including phenoxy) is 1. The lowest BCUT2D eigenvalue weighted by atomic mass is 10.1. The molecule has 7 nitrogen and oxygen atoms in total. The standard InChI is InChI=1S/C19H17N3O4/c1-3-26-19(23)15(13-20)11-14-9-10-17(18(12-14)22(24)25)21(2)16-7-5-4-6-8-16/h4-12H,3H2,1-2H3/b15-11+. The number of nitriles is 1. The summed E-state index contributed by atoms with van der Waals surface area (Å²) in [6.45, 7) is 1.77. The van der Waals surface area contributed by atoms with E-state index in [4.69, 9.17) is 10.00 Å². The summed E-state index contributed by atoms with van der Waals surface area (Å²) in [4.78, 5) is 24.4. The van der Waals surface area contributed by atoms with Crippen molar-refractivity contribution < 1.29 is 14.5 Å². The normalized spacial score (nSPS) is 10.7. The monoisotopic (exact) mass is 351 g/mol. The third kappa shape index (κ3) is 4.24. The van der Waals surface area contributed by atoms with Crippen molar-refractivity contribution in [3.05, 3.63) is 69.8 Å². The lowest BCUT2D eigenvalue weighted by Crippen LogP contribution is -2.11. The lowest BCUT2D eigenvalue weighted by molar-refractivity contribution is -0.384. The minimum Gasteiger partial charge on any atom is -0.462 e. The summed E-state index contributed by atoms with van der Waals surface area (Å²) in [6.07, 6.45) is 1.28. The van der Waals surface area contributed by atoms with Crippen molar-refractivity contribution in [3.63, 3.8) is 0 Å². The largest absolute Gasteiger partial charge is 0.462 e. The minimum atomic E-state index is -0.761. The highest BCUT2D eigenvalue weighted by atomic mass is 16.6. The molecular weight excluding hydrogens is 334 g/mol. The van der Waals surface area contributed by atoms with Gasteiger partial charge in [-0.05, 0) is 36.8 Å². The van der Waals surface area contributed by atoms with Crippen molar-refractivity contribution in [3.8, 4) is 6.07 Å². The van der Waals surface area contributed by atoms with Crippen LogP contribution >= 0.6 is 0 Å². The van der Waals surface area contributed by atoms with E-state index in [1.807, 2.05) is 30.3 Å². The van der Waals surface area contributed by atoms with Gasteiger partial charge in [0.15, 0.2) is 0 Å². The van der Waals surface area contributed by atoms with Crippen LogP contribution in [0, 0.1) is 21.4 Å². The molecule has 0 fully saturated rings. The number of hydrogen-bond acceptors (Lipinski definition) is 6. The fourth-order valence-corrected chi connectivity index (χ4v) is 2.36. The van der Waals surface area contributed by atoms with Crippen molar-refractivity contribution in [2.24, 2.45) is 0 Å². The number of nitro groups is 1. The number of hydrogen-bond donors (Lipinski definition) is 0. The van der Waals surface area contributed by atoms with Gasteiger partial charge in [0.25, 0.3) is 5.69 Å². The zero-order valence-electron chi connectivity index (χ0n) is 14.4. The molecule has 0 spiro atoms. The molecule has 0 amide bonds.